The lowest BCUT2D eigenvalue weighted by Gasteiger charge is -2.05. The summed E-state index contributed by atoms with van der Waals surface area (Å²) < 4.78 is 6.75. The van der Waals surface area contributed by atoms with E-state index in [1.54, 1.807) is 18.9 Å². The highest BCUT2D eigenvalue weighted by Crippen LogP contribution is 2.39. The van der Waals surface area contributed by atoms with Crippen LogP contribution in [0.4, 0.5) is 5.00 Å². The van der Waals surface area contributed by atoms with Crippen molar-refractivity contribution in [1.29, 1.82) is 0 Å². The van der Waals surface area contributed by atoms with Gasteiger partial charge >= 0.3 is 0 Å². The highest BCUT2D eigenvalue weighted by molar-refractivity contribution is 8.03. The molecule has 0 bridgehead atoms. The molecule has 1 aliphatic carbocycles. The summed E-state index contributed by atoms with van der Waals surface area (Å²) in [5, 5.41) is 11.8. The molecule has 0 atom stereocenters. The van der Waals surface area contributed by atoms with Crippen LogP contribution >= 0.6 is 46.2 Å². The minimum absolute atomic E-state index is 0.185. The second-order valence-corrected chi connectivity index (χ2v) is 11.3. The number of aromatic nitrogens is 2. The average Bonchev–Trinajstić information content (AvgIpc) is 3.47. The van der Waals surface area contributed by atoms with Gasteiger partial charge < -0.3 is 15.8 Å². The summed E-state index contributed by atoms with van der Waals surface area (Å²) in [4.78, 5) is 25.4. The molecule has 1 aliphatic rings. The van der Waals surface area contributed by atoms with E-state index in [1.807, 2.05) is 24.3 Å². The number of nitrogens with zero attached hydrogens (tertiary/aromatic N) is 2. The molecule has 0 fully saturated rings. The number of hydrogen-bond acceptors (Lipinski definition) is 9. The second kappa shape index (κ2) is 10.0. The van der Waals surface area contributed by atoms with Crippen molar-refractivity contribution < 1.29 is 14.3 Å². The van der Waals surface area contributed by atoms with E-state index in [2.05, 4.69) is 15.5 Å². The van der Waals surface area contributed by atoms with Crippen LogP contribution in [0.25, 0.3) is 0 Å². The van der Waals surface area contributed by atoms with Crippen molar-refractivity contribution in [3.05, 3.63) is 45.8 Å². The Labute approximate surface area is 196 Å². The number of amides is 2. The number of anilines is 1. The second-order valence-electron chi connectivity index (χ2n) is 6.73. The minimum atomic E-state index is -0.481. The zero-order chi connectivity index (χ0) is 21.8. The fraction of sp³-hybridized carbons (Fsp3) is 0.300. The molecule has 0 aliphatic heterocycles. The van der Waals surface area contributed by atoms with Gasteiger partial charge in [-0.3, -0.25) is 9.59 Å². The van der Waals surface area contributed by atoms with Crippen molar-refractivity contribution in [3.63, 3.8) is 0 Å². The van der Waals surface area contributed by atoms with Gasteiger partial charge in [-0.1, -0.05) is 47.0 Å². The molecule has 0 unspecified atom stereocenters. The average molecular weight is 493 g/mol. The molecule has 31 heavy (non-hydrogen) atoms. The maximum Gasteiger partial charge on any atom is 0.251 e. The fourth-order valence-corrected chi connectivity index (χ4v) is 7.31. The Morgan fingerprint density at radius 1 is 1.13 bits per heavy atom. The number of nitrogens with one attached hydrogen (secondary N) is 1. The maximum atomic E-state index is 12.4. The van der Waals surface area contributed by atoms with E-state index in [0.29, 0.717) is 10.6 Å². The number of fused-ring (bicyclic) bond motifs is 1. The van der Waals surface area contributed by atoms with Crippen LogP contribution in [0.2, 0.25) is 0 Å². The Balaban J connectivity index is 1.28. The number of thiophene rings is 1. The predicted octanol–water partition coefficient (Wildman–Crippen LogP) is 4.22. The van der Waals surface area contributed by atoms with E-state index in [0.717, 1.165) is 49.9 Å². The van der Waals surface area contributed by atoms with Gasteiger partial charge in [0.05, 0.1) is 18.4 Å². The standard InChI is InChI=1S/C20H20N4O3S4/c1-27-12-7-5-11(6-8-12)9-28-19-23-24-20(31-19)29-10-15(25)22-18-16(17(21)26)13-3-2-4-14(13)30-18/h5-8H,2-4,9-10H2,1H3,(H2,21,26)(H,22,25). The molecule has 11 heteroatoms. The molecule has 3 N–H and O–H groups in total. The highest BCUT2D eigenvalue weighted by Gasteiger charge is 2.26. The summed E-state index contributed by atoms with van der Waals surface area (Å²) in [6, 6.07) is 7.91. The molecule has 0 spiro atoms. The molecule has 162 valence electrons. The maximum absolute atomic E-state index is 12.4. The van der Waals surface area contributed by atoms with Crippen molar-refractivity contribution in [2.24, 2.45) is 5.73 Å². The van der Waals surface area contributed by atoms with Gasteiger partial charge in [-0.05, 0) is 42.5 Å². The van der Waals surface area contributed by atoms with E-state index in [9.17, 15) is 9.59 Å². The molecular weight excluding hydrogens is 473 g/mol. The van der Waals surface area contributed by atoms with Crippen LogP contribution in [0.3, 0.4) is 0 Å². The van der Waals surface area contributed by atoms with Crippen LogP contribution < -0.4 is 15.8 Å². The molecule has 3 aromatic rings. The normalized spacial score (nSPS) is 12.5. The third-order valence-corrected chi connectivity index (χ3v) is 9.12. The van der Waals surface area contributed by atoms with Gasteiger partial charge in [-0.15, -0.1) is 21.5 Å². The van der Waals surface area contributed by atoms with Crippen LogP contribution in [-0.2, 0) is 23.4 Å². The van der Waals surface area contributed by atoms with E-state index in [-0.39, 0.29) is 11.7 Å². The van der Waals surface area contributed by atoms with Crippen LogP contribution in [0, 0.1) is 0 Å². The lowest BCUT2D eigenvalue weighted by atomic mass is 10.1. The minimum Gasteiger partial charge on any atom is -0.497 e. The summed E-state index contributed by atoms with van der Waals surface area (Å²) in [7, 11) is 1.65. The van der Waals surface area contributed by atoms with Gasteiger partial charge in [0.15, 0.2) is 8.68 Å². The number of primary amides is 1. The number of benzene rings is 1. The predicted molar refractivity (Wildman–Crippen MR) is 127 cm³/mol. The molecule has 0 saturated heterocycles. The van der Waals surface area contributed by atoms with Crippen LogP contribution in [0.15, 0.2) is 32.9 Å². The van der Waals surface area contributed by atoms with E-state index in [1.165, 1.54) is 40.0 Å². The smallest absolute Gasteiger partial charge is 0.251 e. The number of carbonyl (C=O) groups is 2. The van der Waals surface area contributed by atoms with Gasteiger partial charge in [0.1, 0.15) is 10.8 Å². The monoisotopic (exact) mass is 492 g/mol. The van der Waals surface area contributed by atoms with Crippen molar-refractivity contribution in [1.82, 2.24) is 10.2 Å². The molecule has 7 nitrogen and oxygen atoms in total. The number of carbonyl (C=O) groups excluding carboxylic acids is 2. The third-order valence-electron chi connectivity index (χ3n) is 4.66. The van der Waals surface area contributed by atoms with E-state index < -0.39 is 5.91 Å². The van der Waals surface area contributed by atoms with Gasteiger partial charge in [0.2, 0.25) is 5.91 Å². The number of methoxy groups -OCH3 is 1. The number of aryl methyl sites for hydroxylation is 1. The van der Waals surface area contributed by atoms with Crippen molar-refractivity contribution >= 4 is 63.0 Å². The molecular formula is C20H20N4O3S4. The van der Waals surface area contributed by atoms with Crippen LogP contribution in [0.5, 0.6) is 5.75 Å². The highest BCUT2D eigenvalue weighted by atomic mass is 32.2. The lowest BCUT2D eigenvalue weighted by molar-refractivity contribution is -0.113. The Kier molecular flexibility index (Phi) is 7.16. The Bertz CT molecular complexity index is 1090. The SMILES string of the molecule is COc1ccc(CSc2nnc(SCC(=O)Nc3sc4c(c3C(N)=O)CCC4)s2)cc1. The molecule has 1 aromatic carbocycles. The van der Waals surface area contributed by atoms with Crippen molar-refractivity contribution in [2.75, 3.05) is 18.2 Å². The van der Waals surface area contributed by atoms with Crippen LogP contribution in [-0.4, -0.2) is 34.9 Å². The van der Waals surface area contributed by atoms with Crippen molar-refractivity contribution in [2.45, 2.75) is 33.7 Å². The van der Waals surface area contributed by atoms with Gasteiger partial charge in [-0.25, -0.2) is 0 Å². The van der Waals surface area contributed by atoms with E-state index >= 15 is 0 Å². The third kappa shape index (κ3) is 5.40. The molecule has 2 amide bonds. The van der Waals surface area contributed by atoms with Crippen molar-refractivity contribution in [3.8, 4) is 5.75 Å². The number of thioether (sulfide) groups is 2. The first-order valence-corrected chi connectivity index (χ1v) is 13.1. The topological polar surface area (TPSA) is 107 Å². The molecule has 2 heterocycles. The first-order chi connectivity index (χ1) is 15.0. The molecule has 0 saturated carbocycles. The summed E-state index contributed by atoms with van der Waals surface area (Å²) in [5.74, 6) is 1.14. The van der Waals surface area contributed by atoms with Crippen LogP contribution in [0.1, 0.15) is 32.8 Å². The number of nitrogens with two attached hydrogens (primary N) is 1. The first kappa shape index (κ1) is 22.1. The fourth-order valence-electron chi connectivity index (χ4n) is 3.22. The van der Waals surface area contributed by atoms with E-state index in [4.69, 9.17) is 10.5 Å². The summed E-state index contributed by atoms with van der Waals surface area (Å²) >= 11 is 5.86. The number of ether oxygens (including phenoxy) is 1. The largest absolute Gasteiger partial charge is 0.497 e. The molecule has 0 radical (unpaired) electrons. The first-order valence-electron chi connectivity index (χ1n) is 9.49. The zero-order valence-electron chi connectivity index (χ0n) is 16.7. The van der Waals surface area contributed by atoms with Gasteiger partial charge in [0.25, 0.3) is 5.91 Å². The molecule has 4 rings (SSSR count). The Morgan fingerprint density at radius 3 is 2.58 bits per heavy atom. The molecule has 2 aromatic heterocycles. The summed E-state index contributed by atoms with van der Waals surface area (Å²) in [6.45, 7) is 0. The lowest BCUT2D eigenvalue weighted by Crippen LogP contribution is -2.18. The summed E-state index contributed by atoms with van der Waals surface area (Å²) in [6.07, 6.45) is 2.81. The number of hydrogen-bond donors (Lipinski definition) is 2. The zero-order valence-corrected chi connectivity index (χ0v) is 19.9. The van der Waals surface area contributed by atoms with Gasteiger partial charge in [0, 0.05) is 10.6 Å². The quantitative estimate of drug-likeness (QED) is 0.431. The van der Waals surface area contributed by atoms with Gasteiger partial charge in [-0.2, -0.15) is 0 Å². The Morgan fingerprint density at radius 2 is 1.87 bits per heavy atom. The number of rotatable bonds is 9. The summed E-state index contributed by atoms with van der Waals surface area (Å²) in [5.41, 5.74) is 8.19. The Hall–Kier alpha value is -2.08.